The van der Waals surface area contributed by atoms with Crippen LogP contribution in [0.4, 0.5) is 4.39 Å². The van der Waals surface area contributed by atoms with Gasteiger partial charge in [-0.1, -0.05) is 35.9 Å². The highest BCUT2D eigenvalue weighted by Gasteiger charge is 2.10. The molecule has 0 aliphatic carbocycles. The first-order valence-electron chi connectivity index (χ1n) is 5.35. The van der Waals surface area contributed by atoms with Gasteiger partial charge in [0, 0.05) is 5.02 Å². The number of benzene rings is 2. The van der Waals surface area contributed by atoms with Crippen LogP contribution in [0, 0.1) is 12.7 Å². The summed E-state index contributed by atoms with van der Waals surface area (Å²) in [6.45, 7) is 1.73. The standard InChI is InChI=1S/C14H13ClFN/c1-9-8-11(4-7-13(9)16)14(17)10-2-5-12(15)6-3-10/h2-8,14H,17H2,1H3. The van der Waals surface area contributed by atoms with Gasteiger partial charge in [-0.25, -0.2) is 4.39 Å². The van der Waals surface area contributed by atoms with Crippen molar-refractivity contribution >= 4 is 11.6 Å². The molecule has 1 atom stereocenters. The molecule has 0 saturated heterocycles. The van der Waals surface area contributed by atoms with Gasteiger partial charge in [0.25, 0.3) is 0 Å². The Bertz CT molecular complexity index is 522. The normalized spacial score (nSPS) is 12.5. The summed E-state index contributed by atoms with van der Waals surface area (Å²) in [6, 6.07) is 12.0. The Labute approximate surface area is 105 Å². The molecule has 0 saturated carbocycles. The van der Waals surface area contributed by atoms with Gasteiger partial charge in [-0.2, -0.15) is 0 Å². The van der Waals surface area contributed by atoms with E-state index < -0.39 is 0 Å². The lowest BCUT2D eigenvalue weighted by atomic mass is 9.98. The van der Waals surface area contributed by atoms with E-state index in [1.807, 2.05) is 12.1 Å². The second-order valence-electron chi connectivity index (χ2n) is 4.04. The van der Waals surface area contributed by atoms with E-state index in [2.05, 4.69) is 0 Å². The van der Waals surface area contributed by atoms with Crippen molar-refractivity contribution in [1.82, 2.24) is 0 Å². The van der Waals surface area contributed by atoms with E-state index in [0.717, 1.165) is 11.1 Å². The molecule has 0 aromatic heterocycles. The average Bonchev–Trinajstić information content (AvgIpc) is 2.33. The van der Waals surface area contributed by atoms with Crippen LogP contribution in [-0.4, -0.2) is 0 Å². The lowest BCUT2D eigenvalue weighted by Crippen LogP contribution is -2.12. The molecule has 0 bridgehead atoms. The summed E-state index contributed by atoms with van der Waals surface area (Å²) in [4.78, 5) is 0. The third-order valence-electron chi connectivity index (χ3n) is 2.77. The molecule has 0 aliphatic rings. The second-order valence-corrected chi connectivity index (χ2v) is 4.47. The van der Waals surface area contributed by atoms with Crippen molar-refractivity contribution in [3.05, 3.63) is 70.0 Å². The fourth-order valence-electron chi connectivity index (χ4n) is 1.72. The zero-order valence-electron chi connectivity index (χ0n) is 9.45. The molecule has 1 unspecified atom stereocenters. The van der Waals surface area contributed by atoms with Gasteiger partial charge in [0.15, 0.2) is 0 Å². The molecule has 0 fully saturated rings. The topological polar surface area (TPSA) is 26.0 Å². The van der Waals surface area contributed by atoms with Crippen molar-refractivity contribution in [2.75, 3.05) is 0 Å². The highest BCUT2D eigenvalue weighted by molar-refractivity contribution is 6.30. The molecular weight excluding hydrogens is 237 g/mol. The minimum Gasteiger partial charge on any atom is -0.320 e. The van der Waals surface area contributed by atoms with Crippen molar-refractivity contribution in [1.29, 1.82) is 0 Å². The molecule has 0 spiro atoms. The zero-order valence-corrected chi connectivity index (χ0v) is 10.2. The summed E-state index contributed by atoms with van der Waals surface area (Å²) in [7, 11) is 0. The van der Waals surface area contributed by atoms with Crippen LogP contribution in [0.2, 0.25) is 5.02 Å². The van der Waals surface area contributed by atoms with Crippen LogP contribution < -0.4 is 5.73 Å². The van der Waals surface area contributed by atoms with Crippen LogP contribution in [-0.2, 0) is 0 Å². The van der Waals surface area contributed by atoms with E-state index in [1.54, 1.807) is 31.2 Å². The average molecular weight is 250 g/mol. The number of aryl methyl sites for hydroxylation is 1. The molecule has 88 valence electrons. The first-order valence-corrected chi connectivity index (χ1v) is 5.73. The molecule has 0 amide bonds. The van der Waals surface area contributed by atoms with Gasteiger partial charge in [0.2, 0.25) is 0 Å². The molecular formula is C14H13ClFN. The van der Waals surface area contributed by atoms with Crippen molar-refractivity contribution in [2.45, 2.75) is 13.0 Å². The maximum Gasteiger partial charge on any atom is 0.126 e. The monoisotopic (exact) mass is 249 g/mol. The molecule has 1 nitrogen and oxygen atoms in total. The zero-order chi connectivity index (χ0) is 12.4. The van der Waals surface area contributed by atoms with Crippen molar-refractivity contribution in [3.63, 3.8) is 0 Å². The molecule has 17 heavy (non-hydrogen) atoms. The van der Waals surface area contributed by atoms with E-state index in [1.165, 1.54) is 6.07 Å². The third kappa shape index (κ3) is 2.65. The highest BCUT2D eigenvalue weighted by Crippen LogP contribution is 2.22. The Morgan fingerprint density at radius 1 is 1.06 bits per heavy atom. The number of rotatable bonds is 2. The van der Waals surface area contributed by atoms with E-state index in [9.17, 15) is 4.39 Å². The number of nitrogens with two attached hydrogens (primary N) is 1. The van der Waals surface area contributed by atoms with Crippen LogP contribution in [0.15, 0.2) is 42.5 Å². The maximum atomic E-state index is 13.2. The van der Waals surface area contributed by atoms with Gasteiger partial charge >= 0.3 is 0 Å². The minimum atomic E-state index is -0.258. The quantitative estimate of drug-likeness (QED) is 0.860. The Morgan fingerprint density at radius 3 is 2.24 bits per heavy atom. The molecule has 2 N–H and O–H groups in total. The first-order chi connectivity index (χ1) is 8.08. The Kier molecular flexibility index (Phi) is 3.46. The molecule has 0 radical (unpaired) electrons. The molecule has 3 heteroatoms. The SMILES string of the molecule is Cc1cc(C(N)c2ccc(Cl)cc2)ccc1F. The van der Waals surface area contributed by atoms with E-state index >= 15 is 0 Å². The maximum absolute atomic E-state index is 13.2. The van der Waals surface area contributed by atoms with Gasteiger partial charge in [0.1, 0.15) is 5.82 Å². The lowest BCUT2D eigenvalue weighted by molar-refractivity contribution is 0.617. The van der Waals surface area contributed by atoms with Crippen LogP contribution in [0.5, 0.6) is 0 Å². The summed E-state index contributed by atoms with van der Waals surface area (Å²) >= 11 is 5.82. The van der Waals surface area contributed by atoms with Crippen LogP contribution >= 0.6 is 11.6 Å². The van der Waals surface area contributed by atoms with E-state index in [-0.39, 0.29) is 11.9 Å². The fourth-order valence-corrected chi connectivity index (χ4v) is 1.85. The van der Waals surface area contributed by atoms with E-state index in [4.69, 9.17) is 17.3 Å². The fraction of sp³-hybridized carbons (Fsp3) is 0.143. The number of hydrogen-bond acceptors (Lipinski definition) is 1. The predicted octanol–water partition coefficient (Wildman–Crippen LogP) is 3.84. The second kappa shape index (κ2) is 4.86. The number of hydrogen-bond donors (Lipinski definition) is 1. The summed E-state index contributed by atoms with van der Waals surface area (Å²) in [6.07, 6.45) is 0. The van der Waals surface area contributed by atoms with Gasteiger partial charge in [0.05, 0.1) is 6.04 Å². The smallest absolute Gasteiger partial charge is 0.126 e. The van der Waals surface area contributed by atoms with Crippen molar-refractivity contribution in [3.8, 4) is 0 Å². The Balaban J connectivity index is 2.33. The predicted molar refractivity (Wildman–Crippen MR) is 68.6 cm³/mol. The number of halogens is 2. The molecule has 2 aromatic carbocycles. The van der Waals surface area contributed by atoms with Crippen LogP contribution in [0.1, 0.15) is 22.7 Å². The van der Waals surface area contributed by atoms with Crippen molar-refractivity contribution < 1.29 is 4.39 Å². The van der Waals surface area contributed by atoms with Crippen LogP contribution in [0.3, 0.4) is 0 Å². The Morgan fingerprint density at radius 2 is 1.65 bits per heavy atom. The largest absolute Gasteiger partial charge is 0.320 e. The van der Waals surface area contributed by atoms with E-state index in [0.29, 0.717) is 10.6 Å². The Hall–Kier alpha value is -1.38. The molecule has 2 rings (SSSR count). The van der Waals surface area contributed by atoms with Gasteiger partial charge < -0.3 is 5.73 Å². The minimum absolute atomic E-state index is 0.211. The molecule has 0 aliphatic heterocycles. The molecule has 0 heterocycles. The van der Waals surface area contributed by atoms with Crippen molar-refractivity contribution in [2.24, 2.45) is 5.73 Å². The van der Waals surface area contributed by atoms with Crippen LogP contribution in [0.25, 0.3) is 0 Å². The molecule has 2 aromatic rings. The van der Waals surface area contributed by atoms with Gasteiger partial charge in [-0.05, 0) is 41.8 Å². The summed E-state index contributed by atoms with van der Waals surface area (Å²) < 4.78 is 13.2. The first kappa shape index (κ1) is 12.1. The summed E-state index contributed by atoms with van der Waals surface area (Å²) in [5.74, 6) is -0.211. The highest BCUT2D eigenvalue weighted by atomic mass is 35.5. The third-order valence-corrected chi connectivity index (χ3v) is 3.02. The van der Waals surface area contributed by atoms with Gasteiger partial charge in [-0.15, -0.1) is 0 Å². The summed E-state index contributed by atoms with van der Waals surface area (Å²) in [5, 5.41) is 0.677. The summed E-state index contributed by atoms with van der Waals surface area (Å²) in [5.41, 5.74) is 8.58. The lowest BCUT2D eigenvalue weighted by Gasteiger charge is -2.13. The van der Waals surface area contributed by atoms with Gasteiger partial charge in [-0.3, -0.25) is 0 Å².